The van der Waals surface area contributed by atoms with Crippen LogP contribution in [-0.4, -0.2) is 25.1 Å². The lowest BCUT2D eigenvalue weighted by Crippen LogP contribution is -1.89. The molecule has 118 valence electrons. The first-order valence-electron chi connectivity index (χ1n) is 7.83. The van der Waals surface area contributed by atoms with Gasteiger partial charge in [-0.1, -0.05) is 32.4 Å². The second kappa shape index (κ2) is 8.12. The van der Waals surface area contributed by atoms with E-state index in [4.69, 9.17) is 0 Å². The largest absolute Gasteiger partial charge is 0.346 e. The molecule has 0 fully saturated rings. The van der Waals surface area contributed by atoms with Gasteiger partial charge in [-0.3, -0.25) is 5.10 Å². The van der Waals surface area contributed by atoms with Gasteiger partial charge in [0.2, 0.25) is 0 Å². The molecular formula is C17H25N5. The van der Waals surface area contributed by atoms with E-state index in [2.05, 4.69) is 38.1 Å². The number of hydrogen-bond acceptors (Lipinski definition) is 3. The number of H-pyrrole nitrogens is 2. The maximum atomic E-state index is 4.23. The Morgan fingerprint density at radius 1 is 1.27 bits per heavy atom. The summed E-state index contributed by atoms with van der Waals surface area (Å²) < 4.78 is 0. The molecule has 3 aromatic rings. The van der Waals surface area contributed by atoms with Crippen LogP contribution in [-0.2, 0) is 0 Å². The molecule has 5 nitrogen and oxygen atoms in total. The van der Waals surface area contributed by atoms with E-state index in [9.17, 15) is 0 Å². The van der Waals surface area contributed by atoms with E-state index >= 15 is 0 Å². The highest BCUT2D eigenvalue weighted by Gasteiger charge is 2.06. The third-order valence-corrected chi connectivity index (χ3v) is 3.48. The third kappa shape index (κ3) is 3.61. The summed E-state index contributed by atoms with van der Waals surface area (Å²) in [5.74, 6) is 0. The van der Waals surface area contributed by atoms with Crippen molar-refractivity contribution in [1.29, 1.82) is 0 Å². The summed E-state index contributed by atoms with van der Waals surface area (Å²) in [5.41, 5.74) is 4.35. The van der Waals surface area contributed by atoms with Crippen LogP contribution in [0.2, 0.25) is 0 Å². The van der Waals surface area contributed by atoms with Crippen molar-refractivity contribution in [2.75, 3.05) is 0 Å². The Kier molecular flexibility index (Phi) is 5.89. The summed E-state index contributed by atoms with van der Waals surface area (Å²) in [6.45, 7) is 6.21. The molecule has 0 saturated heterocycles. The van der Waals surface area contributed by atoms with Crippen molar-refractivity contribution in [3.8, 4) is 11.3 Å². The standard InChI is InChI=1S/C9H7N5.C6H10.C2H6.H2/c1-2-10-9-7(1)8(11-5-12-9)6-3-13-14-4-6;1-2-6-4-3-5-6;1-2;/h1-5H,(H,13,14)(H,10,11,12);4H,2-3,5H2,1H3;1-2H3;1H. The Morgan fingerprint density at radius 3 is 2.64 bits per heavy atom. The summed E-state index contributed by atoms with van der Waals surface area (Å²) in [7, 11) is 0. The van der Waals surface area contributed by atoms with Crippen molar-refractivity contribution in [3.05, 3.63) is 42.6 Å². The van der Waals surface area contributed by atoms with Gasteiger partial charge < -0.3 is 4.98 Å². The molecule has 0 unspecified atom stereocenters. The quantitative estimate of drug-likeness (QED) is 0.672. The highest BCUT2D eigenvalue weighted by Crippen LogP contribution is 2.23. The Morgan fingerprint density at radius 2 is 2.09 bits per heavy atom. The van der Waals surface area contributed by atoms with E-state index in [1.165, 1.54) is 19.3 Å². The summed E-state index contributed by atoms with van der Waals surface area (Å²) in [6, 6.07) is 1.96. The van der Waals surface area contributed by atoms with Crippen LogP contribution in [0.1, 0.15) is 41.5 Å². The number of aromatic nitrogens is 5. The summed E-state index contributed by atoms with van der Waals surface area (Å²) in [4.78, 5) is 11.4. The van der Waals surface area contributed by atoms with Crippen LogP contribution >= 0.6 is 0 Å². The van der Waals surface area contributed by atoms with E-state index in [1.54, 1.807) is 18.1 Å². The monoisotopic (exact) mass is 299 g/mol. The molecule has 22 heavy (non-hydrogen) atoms. The predicted octanol–water partition coefficient (Wildman–Crippen LogP) is 4.74. The van der Waals surface area contributed by atoms with Gasteiger partial charge in [0, 0.05) is 24.8 Å². The zero-order valence-corrected chi connectivity index (χ0v) is 13.4. The maximum Gasteiger partial charge on any atom is 0.141 e. The van der Waals surface area contributed by atoms with Crippen molar-refractivity contribution in [3.63, 3.8) is 0 Å². The van der Waals surface area contributed by atoms with E-state index in [0.717, 1.165) is 22.3 Å². The normalized spacial score (nSPS) is 12.4. The zero-order valence-electron chi connectivity index (χ0n) is 13.4. The first kappa shape index (κ1) is 15.9. The van der Waals surface area contributed by atoms with E-state index in [-0.39, 0.29) is 1.43 Å². The maximum absolute atomic E-state index is 4.23. The topological polar surface area (TPSA) is 70.2 Å². The van der Waals surface area contributed by atoms with E-state index in [0.29, 0.717) is 0 Å². The lowest BCUT2D eigenvalue weighted by molar-refractivity contribution is 0.816. The summed E-state index contributed by atoms with van der Waals surface area (Å²) >= 11 is 0. The van der Waals surface area contributed by atoms with E-state index < -0.39 is 0 Å². The lowest BCUT2D eigenvalue weighted by atomic mass is 9.97. The molecule has 2 N–H and O–H groups in total. The minimum Gasteiger partial charge on any atom is -0.346 e. The molecule has 0 aliphatic heterocycles. The number of rotatable bonds is 2. The van der Waals surface area contributed by atoms with Crippen molar-refractivity contribution in [2.24, 2.45) is 0 Å². The van der Waals surface area contributed by atoms with Crippen LogP contribution in [0, 0.1) is 0 Å². The third-order valence-electron chi connectivity index (χ3n) is 3.48. The number of allylic oxidation sites excluding steroid dienone is 2. The van der Waals surface area contributed by atoms with Gasteiger partial charge >= 0.3 is 0 Å². The fraction of sp³-hybridized carbons (Fsp3) is 0.353. The Bertz CT molecular complexity index is 716. The molecule has 0 spiro atoms. The Hall–Kier alpha value is -2.43. The molecule has 3 aromatic heterocycles. The molecule has 1 aliphatic carbocycles. The van der Waals surface area contributed by atoms with Gasteiger partial charge in [0.15, 0.2) is 0 Å². The first-order valence-corrected chi connectivity index (χ1v) is 7.83. The SMILES string of the molecule is CC.CCC1=CCC1.[HH].c1nc(-c2cn[nH]c2)c2cc[nH]c2n1. The molecular weight excluding hydrogens is 274 g/mol. The molecule has 1 aliphatic rings. The van der Waals surface area contributed by atoms with Gasteiger partial charge in [-0.2, -0.15) is 5.10 Å². The van der Waals surface area contributed by atoms with Crippen LogP contribution < -0.4 is 0 Å². The Labute approximate surface area is 132 Å². The number of hydrogen-bond donors (Lipinski definition) is 2. The minimum atomic E-state index is 0. The van der Waals surface area contributed by atoms with Gasteiger partial charge in [0.1, 0.15) is 12.0 Å². The molecule has 0 atom stereocenters. The molecule has 0 amide bonds. The van der Waals surface area contributed by atoms with Crippen LogP contribution in [0.5, 0.6) is 0 Å². The van der Waals surface area contributed by atoms with Crippen molar-refractivity contribution in [2.45, 2.75) is 40.0 Å². The number of fused-ring (bicyclic) bond motifs is 1. The first-order chi connectivity index (χ1) is 10.9. The number of nitrogens with zero attached hydrogens (tertiary/aromatic N) is 3. The van der Waals surface area contributed by atoms with Gasteiger partial charge in [0.05, 0.1) is 11.9 Å². The summed E-state index contributed by atoms with van der Waals surface area (Å²) in [5, 5.41) is 7.67. The van der Waals surface area contributed by atoms with E-state index in [1.807, 2.05) is 32.3 Å². The van der Waals surface area contributed by atoms with Crippen LogP contribution in [0.25, 0.3) is 22.3 Å². The second-order valence-corrected chi connectivity index (χ2v) is 4.70. The van der Waals surface area contributed by atoms with Gasteiger partial charge in [-0.25, -0.2) is 9.97 Å². The molecule has 4 rings (SSSR count). The lowest BCUT2D eigenvalue weighted by Gasteiger charge is -2.09. The number of aromatic amines is 2. The predicted molar refractivity (Wildman–Crippen MR) is 92.5 cm³/mol. The number of nitrogens with one attached hydrogen (secondary N) is 2. The van der Waals surface area contributed by atoms with Gasteiger partial charge in [0.25, 0.3) is 0 Å². The smallest absolute Gasteiger partial charge is 0.141 e. The average molecular weight is 299 g/mol. The minimum absolute atomic E-state index is 0. The van der Waals surface area contributed by atoms with Gasteiger partial charge in [-0.05, 0) is 25.3 Å². The van der Waals surface area contributed by atoms with Crippen molar-refractivity contribution < 1.29 is 1.43 Å². The highest BCUT2D eigenvalue weighted by molar-refractivity contribution is 5.89. The highest BCUT2D eigenvalue weighted by atomic mass is 15.1. The molecule has 0 saturated carbocycles. The fourth-order valence-electron chi connectivity index (χ4n) is 2.15. The van der Waals surface area contributed by atoms with Gasteiger partial charge in [-0.15, -0.1) is 0 Å². The fourth-order valence-corrected chi connectivity index (χ4v) is 2.15. The second-order valence-electron chi connectivity index (χ2n) is 4.70. The average Bonchev–Trinajstić information content (AvgIpc) is 3.20. The zero-order chi connectivity index (χ0) is 15.8. The molecule has 3 heterocycles. The Balaban J connectivity index is 0.000000251. The molecule has 0 bridgehead atoms. The van der Waals surface area contributed by atoms with Crippen LogP contribution in [0.15, 0.2) is 42.6 Å². The van der Waals surface area contributed by atoms with Crippen molar-refractivity contribution >= 4 is 11.0 Å². The van der Waals surface area contributed by atoms with Crippen LogP contribution in [0.3, 0.4) is 0 Å². The molecule has 0 radical (unpaired) electrons. The molecule has 0 aromatic carbocycles. The molecule has 5 heteroatoms. The van der Waals surface area contributed by atoms with Crippen LogP contribution in [0.4, 0.5) is 0 Å². The summed E-state index contributed by atoms with van der Waals surface area (Å²) in [6.07, 6.45) is 13.3. The van der Waals surface area contributed by atoms with Crippen molar-refractivity contribution in [1.82, 2.24) is 25.1 Å².